The van der Waals surface area contributed by atoms with Crippen LogP contribution in [-0.2, 0) is 6.54 Å². The molecule has 0 saturated carbocycles. The predicted octanol–water partition coefficient (Wildman–Crippen LogP) is 2.16. The van der Waals surface area contributed by atoms with Crippen molar-refractivity contribution in [1.29, 1.82) is 0 Å². The molecule has 8 nitrogen and oxygen atoms in total. The van der Waals surface area contributed by atoms with E-state index in [0.29, 0.717) is 17.2 Å². The van der Waals surface area contributed by atoms with E-state index in [9.17, 15) is 14.7 Å². The van der Waals surface area contributed by atoms with E-state index in [1.807, 2.05) is 30.3 Å². The van der Waals surface area contributed by atoms with E-state index < -0.39 is 17.1 Å². The third-order valence-corrected chi connectivity index (χ3v) is 4.37. The first kappa shape index (κ1) is 17.6. The zero-order valence-electron chi connectivity index (χ0n) is 15.0. The quantitative estimate of drug-likeness (QED) is 0.676. The molecule has 0 saturated heterocycles. The molecule has 1 aliphatic rings. The van der Waals surface area contributed by atoms with E-state index in [2.05, 4.69) is 9.98 Å². The van der Waals surface area contributed by atoms with Crippen LogP contribution in [0.1, 0.15) is 18.1 Å². The lowest BCUT2D eigenvalue weighted by molar-refractivity contribution is 0.174. The minimum absolute atomic E-state index is 0.0619. The Hall–Kier alpha value is -3.81. The van der Waals surface area contributed by atoms with Crippen LogP contribution in [0.4, 0.5) is 5.69 Å². The minimum atomic E-state index is -0.700. The fourth-order valence-corrected chi connectivity index (χ4v) is 3.00. The van der Waals surface area contributed by atoms with Crippen LogP contribution in [0.5, 0.6) is 17.4 Å². The molecule has 0 aliphatic carbocycles. The van der Waals surface area contributed by atoms with Gasteiger partial charge in [0.05, 0.1) is 17.9 Å². The average Bonchev–Trinajstić information content (AvgIpc) is 3.13. The smallest absolute Gasteiger partial charge is 0.331 e. The summed E-state index contributed by atoms with van der Waals surface area (Å²) in [5, 5.41) is 10.6. The fourth-order valence-electron chi connectivity index (χ4n) is 3.00. The number of nitrogens with zero attached hydrogens (tertiary/aromatic N) is 2. The maximum absolute atomic E-state index is 12.3. The number of H-pyrrole nitrogens is 1. The van der Waals surface area contributed by atoms with Gasteiger partial charge in [-0.3, -0.25) is 19.3 Å². The third kappa shape index (κ3) is 3.27. The minimum Gasteiger partial charge on any atom is -0.494 e. The van der Waals surface area contributed by atoms with Crippen LogP contribution >= 0.6 is 0 Å². The van der Waals surface area contributed by atoms with Crippen LogP contribution in [0.25, 0.3) is 0 Å². The van der Waals surface area contributed by atoms with Crippen molar-refractivity contribution in [3.63, 3.8) is 0 Å². The van der Waals surface area contributed by atoms with Gasteiger partial charge in [-0.15, -0.1) is 0 Å². The van der Waals surface area contributed by atoms with Gasteiger partial charge in [0.25, 0.3) is 5.56 Å². The second kappa shape index (κ2) is 7.07. The Morgan fingerprint density at radius 2 is 1.89 bits per heavy atom. The molecule has 3 aromatic rings. The monoisotopic (exact) mass is 379 g/mol. The average molecular weight is 379 g/mol. The zero-order chi connectivity index (χ0) is 19.7. The van der Waals surface area contributed by atoms with E-state index in [0.717, 1.165) is 10.1 Å². The normalized spacial score (nSPS) is 13.0. The molecule has 0 atom stereocenters. The van der Waals surface area contributed by atoms with Crippen molar-refractivity contribution in [3.05, 3.63) is 80.5 Å². The number of aromatic amines is 1. The summed E-state index contributed by atoms with van der Waals surface area (Å²) >= 11 is 0. The molecule has 1 aromatic heterocycles. The highest BCUT2D eigenvalue weighted by Gasteiger charge is 2.18. The van der Waals surface area contributed by atoms with Gasteiger partial charge in [-0.05, 0) is 24.6 Å². The van der Waals surface area contributed by atoms with Crippen molar-refractivity contribution in [2.75, 3.05) is 6.79 Å². The van der Waals surface area contributed by atoms with Gasteiger partial charge < -0.3 is 14.6 Å². The number of aliphatic imine (C=N–C) groups is 1. The van der Waals surface area contributed by atoms with Gasteiger partial charge in [-0.2, -0.15) is 0 Å². The number of nitrogens with one attached hydrogen (secondary N) is 1. The van der Waals surface area contributed by atoms with Crippen LogP contribution in [0.15, 0.2) is 63.1 Å². The van der Waals surface area contributed by atoms with E-state index in [1.165, 1.54) is 0 Å². The molecule has 28 heavy (non-hydrogen) atoms. The summed E-state index contributed by atoms with van der Waals surface area (Å²) in [6.45, 7) is 1.85. The Kier molecular flexibility index (Phi) is 4.44. The van der Waals surface area contributed by atoms with Gasteiger partial charge in [-0.1, -0.05) is 30.3 Å². The summed E-state index contributed by atoms with van der Waals surface area (Å²) in [5.41, 5.74) is 0.150. The van der Waals surface area contributed by atoms with Crippen LogP contribution in [-0.4, -0.2) is 27.2 Å². The molecule has 2 aromatic carbocycles. The zero-order valence-corrected chi connectivity index (χ0v) is 15.0. The van der Waals surface area contributed by atoms with Gasteiger partial charge in [-0.25, -0.2) is 4.79 Å². The second-order valence-corrected chi connectivity index (χ2v) is 6.26. The number of hydrogen-bond donors (Lipinski definition) is 2. The molecule has 142 valence electrons. The van der Waals surface area contributed by atoms with Gasteiger partial charge in [0.1, 0.15) is 5.56 Å². The molecule has 0 radical (unpaired) electrons. The maximum Gasteiger partial charge on any atom is 0.331 e. The largest absolute Gasteiger partial charge is 0.494 e. The summed E-state index contributed by atoms with van der Waals surface area (Å²) < 4.78 is 11.7. The van der Waals surface area contributed by atoms with Crippen LogP contribution in [0, 0.1) is 0 Å². The lowest BCUT2D eigenvalue weighted by Gasteiger charge is -2.11. The molecule has 8 heteroatoms. The summed E-state index contributed by atoms with van der Waals surface area (Å²) in [6.07, 6.45) is 0. The van der Waals surface area contributed by atoms with Crippen molar-refractivity contribution in [1.82, 2.24) is 9.55 Å². The lowest BCUT2D eigenvalue weighted by atomic mass is 10.2. The molecule has 1 aliphatic heterocycles. The fraction of sp³-hybridized carbons (Fsp3) is 0.150. The first-order chi connectivity index (χ1) is 13.5. The summed E-state index contributed by atoms with van der Waals surface area (Å²) in [7, 11) is 0. The number of rotatable bonds is 4. The summed E-state index contributed by atoms with van der Waals surface area (Å²) in [5.74, 6) is 0.745. The first-order valence-electron chi connectivity index (χ1n) is 8.58. The topological polar surface area (TPSA) is 106 Å². The molecule has 0 fully saturated rings. The Labute approximate surface area is 159 Å². The third-order valence-electron chi connectivity index (χ3n) is 4.37. The molecular formula is C20H17N3O5. The van der Waals surface area contributed by atoms with Gasteiger partial charge in [0.2, 0.25) is 12.7 Å². The molecule has 0 amide bonds. The molecule has 4 rings (SSSR count). The standard InChI is InChI=1S/C20H17N3O5/c1-12(21-14-7-8-15-16(9-14)28-11-27-15)17-18(24)22-20(26)23(19(17)25)10-13-5-3-2-4-6-13/h2-9,25H,10-11H2,1H3,(H,22,24,26). The molecule has 0 unspecified atom stereocenters. The van der Waals surface area contributed by atoms with Crippen molar-refractivity contribution in [2.24, 2.45) is 4.99 Å². The summed E-state index contributed by atoms with van der Waals surface area (Å²) in [6, 6.07) is 14.3. The Balaban J connectivity index is 1.75. The highest BCUT2D eigenvalue weighted by Crippen LogP contribution is 2.35. The van der Waals surface area contributed by atoms with Crippen LogP contribution in [0.3, 0.4) is 0 Å². The van der Waals surface area contributed by atoms with Crippen LogP contribution in [0.2, 0.25) is 0 Å². The Morgan fingerprint density at radius 1 is 1.14 bits per heavy atom. The number of fused-ring (bicyclic) bond motifs is 1. The van der Waals surface area contributed by atoms with Crippen molar-refractivity contribution in [2.45, 2.75) is 13.5 Å². The number of hydrogen-bond acceptors (Lipinski definition) is 6. The summed E-state index contributed by atoms with van der Waals surface area (Å²) in [4.78, 5) is 31.2. The molecular weight excluding hydrogens is 362 g/mol. The first-order valence-corrected chi connectivity index (χ1v) is 8.58. The number of aromatic nitrogens is 2. The highest BCUT2D eigenvalue weighted by molar-refractivity contribution is 6.01. The molecule has 2 N–H and O–H groups in total. The SMILES string of the molecule is CC(=Nc1ccc2c(c1)OCO2)c1c(O)n(Cc2ccccc2)c(=O)[nH]c1=O. The lowest BCUT2D eigenvalue weighted by Crippen LogP contribution is -2.33. The number of benzene rings is 2. The number of aromatic hydroxyl groups is 1. The maximum atomic E-state index is 12.3. The van der Waals surface area contributed by atoms with Crippen molar-refractivity contribution < 1.29 is 14.6 Å². The Morgan fingerprint density at radius 3 is 2.68 bits per heavy atom. The van der Waals surface area contributed by atoms with Crippen molar-refractivity contribution >= 4 is 11.4 Å². The van der Waals surface area contributed by atoms with E-state index in [4.69, 9.17) is 9.47 Å². The molecule has 0 spiro atoms. The van der Waals surface area contributed by atoms with Gasteiger partial charge in [0, 0.05) is 6.07 Å². The van der Waals surface area contributed by atoms with E-state index in [-0.39, 0.29) is 24.6 Å². The van der Waals surface area contributed by atoms with E-state index >= 15 is 0 Å². The molecule has 0 bridgehead atoms. The highest BCUT2D eigenvalue weighted by atomic mass is 16.7. The van der Waals surface area contributed by atoms with E-state index in [1.54, 1.807) is 25.1 Å². The van der Waals surface area contributed by atoms with Crippen molar-refractivity contribution in [3.8, 4) is 17.4 Å². The Bertz CT molecular complexity index is 1180. The molecule has 2 heterocycles. The van der Waals surface area contributed by atoms with Gasteiger partial charge >= 0.3 is 5.69 Å². The second-order valence-electron chi connectivity index (χ2n) is 6.26. The predicted molar refractivity (Wildman–Crippen MR) is 103 cm³/mol. The number of ether oxygens (including phenoxy) is 2. The van der Waals surface area contributed by atoms with Crippen LogP contribution < -0.4 is 20.7 Å². The van der Waals surface area contributed by atoms with Gasteiger partial charge in [0.15, 0.2) is 11.5 Å².